The van der Waals surface area contributed by atoms with Gasteiger partial charge >= 0.3 is 0 Å². The number of amides is 1. The van der Waals surface area contributed by atoms with Gasteiger partial charge < -0.3 is 5.32 Å². The predicted octanol–water partition coefficient (Wildman–Crippen LogP) is 2.22. The minimum atomic E-state index is -0.154. The Hall–Kier alpha value is -3.02. The van der Waals surface area contributed by atoms with Gasteiger partial charge in [-0.2, -0.15) is 4.80 Å². The predicted molar refractivity (Wildman–Crippen MR) is 86.3 cm³/mol. The van der Waals surface area contributed by atoms with Crippen LogP contribution >= 0.6 is 0 Å². The molecule has 6 heteroatoms. The van der Waals surface area contributed by atoms with Crippen LogP contribution in [-0.4, -0.2) is 26.1 Å². The van der Waals surface area contributed by atoms with Gasteiger partial charge in [-0.25, -0.2) is 0 Å². The van der Waals surface area contributed by atoms with E-state index in [1.54, 1.807) is 0 Å². The molecule has 1 aromatic heterocycles. The first-order valence-corrected chi connectivity index (χ1v) is 7.40. The highest BCUT2D eigenvalue weighted by Crippen LogP contribution is 2.12. The van der Waals surface area contributed by atoms with Crippen LogP contribution in [0.15, 0.2) is 60.7 Å². The number of carbonyl (C=O) groups excluding carboxylic acids is 1. The summed E-state index contributed by atoms with van der Waals surface area (Å²) in [6.07, 6.45) is 0. The molecule has 1 atom stereocenters. The first kappa shape index (κ1) is 14.9. The van der Waals surface area contributed by atoms with E-state index in [0.29, 0.717) is 5.82 Å². The molecule has 23 heavy (non-hydrogen) atoms. The number of rotatable bonds is 5. The molecule has 3 aromatic rings. The average Bonchev–Trinajstić information content (AvgIpc) is 3.04. The van der Waals surface area contributed by atoms with Gasteiger partial charge in [-0.15, -0.1) is 10.2 Å². The van der Waals surface area contributed by atoms with E-state index in [1.165, 1.54) is 4.80 Å². The molecular weight excluding hydrogens is 290 g/mol. The molecule has 0 saturated heterocycles. The van der Waals surface area contributed by atoms with E-state index in [9.17, 15) is 4.79 Å². The van der Waals surface area contributed by atoms with Gasteiger partial charge in [-0.1, -0.05) is 60.7 Å². The largest absolute Gasteiger partial charge is 0.348 e. The molecule has 116 valence electrons. The molecule has 0 aliphatic rings. The summed E-state index contributed by atoms with van der Waals surface area (Å²) in [4.78, 5) is 13.4. The van der Waals surface area contributed by atoms with Crippen molar-refractivity contribution in [1.82, 2.24) is 25.5 Å². The van der Waals surface area contributed by atoms with Crippen LogP contribution in [0.4, 0.5) is 0 Å². The SMILES string of the molecule is C[C@@H](NC(=O)Cn1nnc(-c2ccccc2)n1)c1ccccc1. The number of carbonyl (C=O) groups is 1. The van der Waals surface area contributed by atoms with Crippen LogP contribution in [0, 0.1) is 0 Å². The van der Waals surface area contributed by atoms with E-state index in [1.807, 2.05) is 67.6 Å². The van der Waals surface area contributed by atoms with Gasteiger partial charge in [0.2, 0.25) is 11.7 Å². The van der Waals surface area contributed by atoms with E-state index in [0.717, 1.165) is 11.1 Å². The summed E-state index contributed by atoms with van der Waals surface area (Å²) in [5.74, 6) is 0.355. The van der Waals surface area contributed by atoms with Gasteiger partial charge in [0.05, 0.1) is 6.04 Å². The third-order valence-electron chi connectivity index (χ3n) is 3.45. The summed E-state index contributed by atoms with van der Waals surface area (Å²) in [6.45, 7) is 1.98. The van der Waals surface area contributed by atoms with Crippen molar-refractivity contribution in [3.05, 3.63) is 66.2 Å². The van der Waals surface area contributed by atoms with Crippen molar-refractivity contribution in [1.29, 1.82) is 0 Å². The molecule has 0 unspecified atom stereocenters. The average molecular weight is 307 g/mol. The third kappa shape index (κ3) is 3.79. The molecule has 6 nitrogen and oxygen atoms in total. The number of benzene rings is 2. The normalized spacial score (nSPS) is 11.9. The van der Waals surface area contributed by atoms with E-state index < -0.39 is 0 Å². The van der Waals surface area contributed by atoms with Gasteiger partial charge in [0.1, 0.15) is 6.54 Å². The van der Waals surface area contributed by atoms with Crippen molar-refractivity contribution in [2.45, 2.75) is 19.5 Å². The highest BCUT2D eigenvalue weighted by molar-refractivity contribution is 5.76. The first-order valence-electron chi connectivity index (χ1n) is 7.40. The summed E-state index contributed by atoms with van der Waals surface area (Å²) in [5, 5.41) is 15.1. The van der Waals surface area contributed by atoms with Crippen molar-refractivity contribution in [3.8, 4) is 11.4 Å². The molecule has 0 spiro atoms. The second-order valence-corrected chi connectivity index (χ2v) is 5.21. The molecule has 1 N–H and O–H groups in total. The Balaban J connectivity index is 1.61. The van der Waals surface area contributed by atoms with Crippen molar-refractivity contribution >= 4 is 5.91 Å². The maximum atomic E-state index is 12.1. The van der Waals surface area contributed by atoms with Crippen molar-refractivity contribution in [3.63, 3.8) is 0 Å². The van der Waals surface area contributed by atoms with E-state index in [4.69, 9.17) is 0 Å². The molecule has 0 fully saturated rings. The van der Waals surface area contributed by atoms with Gasteiger partial charge in [-0.05, 0) is 17.7 Å². The number of nitrogens with one attached hydrogen (secondary N) is 1. The highest BCUT2D eigenvalue weighted by Gasteiger charge is 2.12. The van der Waals surface area contributed by atoms with Gasteiger partial charge in [0, 0.05) is 5.56 Å². The van der Waals surface area contributed by atoms with E-state index >= 15 is 0 Å². The topological polar surface area (TPSA) is 72.7 Å². The minimum absolute atomic E-state index is 0.0387. The fourth-order valence-electron chi connectivity index (χ4n) is 2.25. The fraction of sp³-hybridized carbons (Fsp3) is 0.176. The molecule has 0 radical (unpaired) electrons. The van der Waals surface area contributed by atoms with Crippen molar-refractivity contribution < 1.29 is 4.79 Å². The van der Waals surface area contributed by atoms with Crippen LogP contribution in [-0.2, 0) is 11.3 Å². The fourth-order valence-corrected chi connectivity index (χ4v) is 2.25. The van der Waals surface area contributed by atoms with E-state index in [-0.39, 0.29) is 18.5 Å². The Morgan fingerprint density at radius 1 is 1.09 bits per heavy atom. The molecule has 0 aliphatic heterocycles. The quantitative estimate of drug-likeness (QED) is 0.784. The second kappa shape index (κ2) is 6.83. The molecule has 2 aromatic carbocycles. The van der Waals surface area contributed by atoms with Gasteiger partial charge in [-0.3, -0.25) is 4.79 Å². The summed E-state index contributed by atoms with van der Waals surface area (Å²) >= 11 is 0. The lowest BCUT2D eigenvalue weighted by atomic mass is 10.1. The van der Waals surface area contributed by atoms with Crippen LogP contribution in [0.2, 0.25) is 0 Å². The molecule has 3 rings (SSSR count). The molecule has 0 aliphatic carbocycles. The third-order valence-corrected chi connectivity index (χ3v) is 3.45. The number of aromatic nitrogens is 4. The lowest BCUT2D eigenvalue weighted by Crippen LogP contribution is -2.30. The van der Waals surface area contributed by atoms with Gasteiger partial charge in [0.15, 0.2) is 0 Å². The number of nitrogens with zero attached hydrogens (tertiary/aromatic N) is 4. The lowest BCUT2D eigenvalue weighted by molar-refractivity contribution is -0.122. The van der Waals surface area contributed by atoms with Crippen LogP contribution in [0.5, 0.6) is 0 Å². The minimum Gasteiger partial charge on any atom is -0.348 e. The van der Waals surface area contributed by atoms with Crippen molar-refractivity contribution in [2.24, 2.45) is 0 Å². The zero-order chi connectivity index (χ0) is 16.1. The number of hydrogen-bond donors (Lipinski definition) is 1. The van der Waals surface area contributed by atoms with Crippen molar-refractivity contribution in [2.75, 3.05) is 0 Å². The molecule has 1 heterocycles. The number of hydrogen-bond acceptors (Lipinski definition) is 4. The standard InChI is InChI=1S/C17H17N5O/c1-13(14-8-4-2-5-9-14)18-16(23)12-22-20-17(19-21-22)15-10-6-3-7-11-15/h2-11,13H,12H2,1H3,(H,18,23)/t13-/m1/s1. The first-order chi connectivity index (χ1) is 11.2. The molecule has 0 bridgehead atoms. The Kier molecular flexibility index (Phi) is 4.42. The maximum Gasteiger partial charge on any atom is 0.244 e. The molecule has 1 amide bonds. The van der Waals surface area contributed by atoms with Crippen LogP contribution < -0.4 is 5.32 Å². The van der Waals surface area contributed by atoms with Crippen LogP contribution in [0.25, 0.3) is 11.4 Å². The highest BCUT2D eigenvalue weighted by atomic mass is 16.2. The Bertz CT molecular complexity index is 770. The smallest absolute Gasteiger partial charge is 0.244 e. The Morgan fingerprint density at radius 3 is 2.43 bits per heavy atom. The molecule has 0 saturated carbocycles. The summed E-state index contributed by atoms with van der Waals surface area (Å²) in [6, 6.07) is 19.3. The van der Waals surface area contributed by atoms with E-state index in [2.05, 4.69) is 20.7 Å². The monoisotopic (exact) mass is 307 g/mol. The Morgan fingerprint density at radius 2 is 1.74 bits per heavy atom. The zero-order valence-corrected chi connectivity index (χ0v) is 12.8. The summed E-state index contributed by atoms with van der Waals surface area (Å²) in [7, 11) is 0. The van der Waals surface area contributed by atoms with Crippen LogP contribution in [0.3, 0.4) is 0 Å². The maximum absolute atomic E-state index is 12.1. The molecular formula is C17H17N5O. The second-order valence-electron chi connectivity index (χ2n) is 5.21. The van der Waals surface area contributed by atoms with Gasteiger partial charge in [0.25, 0.3) is 0 Å². The summed E-state index contributed by atoms with van der Waals surface area (Å²) < 4.78 is 0. The zero-order valence-electron chi connectivity index (χ0n) is 12.8. The lowest BCUT2D eigenvalue weighted by Gasteiger charge is -2.13. The summed E-state index contributed by atoms with van der Waals surface area (Å²) in [5.41, 5.74) is 1.93. The Labute approximate surface area is 134 Å². The number of tetrazole rings is 1. The van der Waals surface area contributed by atoms with Crippen LogP contribution in [0.1, 0.15) is 18.5 Å².